The van der Waals surface area contributed by atoms with E-state index in [4.69, 9.17) is 11.1 Å². The van der Waals surface area contributed by atoms with Crippen molar-refractivity contribution in [3.05, 3.63) is 35.1 Å². The van der Waals surface area contributed by atoms with Crippen molar-refractivity contribution < 1.29 is 0 Å². The zero-order chi connectivity index (χ0) is 11.5. The summed E-state index contributed by atoms with van der Waals surface area (Å²) < 4.78 is 0. The summed E-state index contributed by atoms with van der Waals surface area (Å²) in [6.07, 6.45) is 4.28. The molecule has 0 aliphatic carbocycles. The third-order valence-corrected chi connectivity index (χ3v) is 3.37. The Morgan fingerprint density at radius 2 is 2.38 bits per heavy atom. The Bertz CT molecular complexity index is 504. The average Bonchev–Trinajstić information content (AvgIpc) is 2.74. The molecule has 0 amide bonds. The molecule has 2 rings (SSSR count). The highest BCUT2D eigenvalue weighted by molar-refractivity contribution is 7.17. The van der Waals surface area contributed by atoms with Crippen LogP contribution in [0.3, 0.4) is 0 Å². The van der Waals surface area contributed by atoms with Gasteiger partial charge in [-0.3, -0.25) is 10.4 Å². The second-order valence-corrected chi connectivity index (χ2v) is 4.30. The Morgan fingerprint density at radius 3 is 2.88 bits per heavy atom. The molecule has 82 valence electrons. The van der Waals surface area contributed by atoms with E-state index in [2.05, 4.69) is 9.97 Å². The van der Waals surface area contributed by atoms with Crippen LogP contribution in [0.5, 0.6) is 0 Å². The van der Waals surface area contributed by atoms with E-state index in [0.29, 0.717) is 0 Å². The van der Waals surface area contributed by atoms with Crippen LogP contribution in [0.1, 0.15) is 17.5 Å². The molecule has 0 fully saturated rings. The standard InChI is InChI=1S/C11H12N4S/c1-2-8-9(10(12)13)16-11(15-8)7-4-3-5-14-6-7/h3-6H,2H2,1H3,(H3,12,13). The Labute approximate surface area is 97.7 Å². The molecule has 3 N–H and O–H groups in total. The van der Waals surface area contributed by atoms with Crippen LogP contribution >= 0.6 is 11.3 Å². The van der Waals surface area contributed by atoms with Crippen molar-refractivity contribution in [1.82, 2.24) is 9.97 Å². The fourth-order valence-corrected chi connectivity index (χ4v) is 2.42. The highest BCUT2D eigenvalue weighted by Gasteiger charge is 2.13. The lowest BCUT2D eigenvalue weighted by molar-refractivity contribution is 1.06. The topological polar surface area (TPSA) is 75.7 Å². The van der Waals surface area contributed by atoms with Gasteiger partial charge in [-0.2, -0.15) is 0 Å². The van der Waals surface area contributed by atoms with Crippen LogP contribution in [0.2, 0.25) is 0 Å². The van der Waals surface area contributed by atoms with Crippen LogP contribution in [0.4, 0.5) is 0 Å². The van der Waals surface area contributed by atoms with Gasteiger partial charge in [0.2, 0.25) is 0 Å². The Hall–Kier alpha value is -1.75. The fraction of sp³-hybridized carbons (Fsp3) is 0.182. The van der Waals surface area contributed by atoms with Crippen LogP contribution in [0.25, 0.3) is 10.6 Å². The second kappa shape index (κ2) is 4.40. The van der Waals surface area contributed by atoms with Gasteiger partial charge in [-0.15, -0.1) is 11.3 Å². The van der Waals surface area contributed by atoms with E-state index in [1.54, 1.807) is 12.4 Å². The number of nitrogens with one attached hydrogen (secondary N) is 1. The first-order chi connectivity index (χ1) is 7.72. The number of amidine groups is 1. The Kier molecular flexibility index (Phi) is 2.96. The first kappa shape index (κ1) is 10.8. The van der Waals surface area contributed by atoms with E-state index >= 15 is 0 Å². The highest BCUT2D eigenvalue weighted by Crippen LogP contribution is 2.27. The van der Waals surface area contributed by atoms with Crippen molar-refractivity contribution in [2.45, 2.75) is 13.3 Å². The molecule has 0 spiro atoms. The lowest BCUT2D eigenvalue weighted by Crippen LogP contribution is -2.11. The number of aryl methyl sites for hydroxylation is 1. The van der Waals surface area contributed by atoms with Gasteiger partial charge < -0.3 is 5.73 Å². The maximum Gasteiger partial charge on any atom is 0.135 e. The molecule has 2 aromatic heterocycles. The van der Waals surface area contributed by atoms with Gasteiger partial charge in [0.25, 0.3) is 0 Å². The van der Waals surface area contributed by atoms with Crippen molar-refractivity contribution in [2.75, 3.05) is 0 Å². The Morgan fingerprint density at radius 1 is 1.56 bits per heavy atom. The fourth-order valence-electron chi connectivity index (χ4n) is 1.41. The summed E-state index contributed by atoms with van der Waals surface area (Å²) in [5.41, 5.74) is 7.37. The first-order valence-corrected chi connectivity index (χ1v) is 5.78. The minimum absolute atomic E-state index is 0.0875. The van der Waals surface area contributed by atoms with E-state index in [-0.39, 0.29) is 5.84 Å². The van der Waals surface area contributed by atoms with Gasteiger partial charge in [0.1, 0.15) is 10.8 Å². The van der Waals surface area contributed by atoms with Gasteiger partial charge in [0.15, 0.2) is 0 Å². The normalized spacial score (nSPS) is 10.3. The largest absolute Gasteiger partial charge is 0.383 e. The number of nitrogen functional groups attached to an aromatic ring is 1. The number of nitrogens with zero attached hydrogens (tertiary/aromatic N) is 2. The van der Waals surface area contributed by atoms with Crippen molar-refractivity contribution in [3.63, 3.8) is 0 Å². The SMILES string of the molecule is CCc1nc(-c2cccnc2)sc1C(=N)N. The van der Waals surface area contributed by atoms with E-state index in [9.17, 15) is 0 Å². The average molecular weight is 232 g/mol. The molecule has 0 saturated carbocycles. The second-order valence-electron chi connectivity index (χ2n) is 3.30. The number of hydrogen-bond acceptors (Lipinski definition) is 4. The summed E-state index contributed by atoms with van der Waals surface area (Å²) in [7, 11) is 0. The number of nitrogens with two attached hydrogens (primary N) is 1. The summed E-state index contributed by atoms with van der Waals surface area (Å²) in [5.74, 6) is 0.0875. The maximum atomic E-state index is 7.49. The van der Waals surface area contributed by atoms with Crippen molar-refractivity contribution in [1.29, 1.82) is 5.41 Å². The maximum absolute atomic E-state index is 7.49. The van der Waals surface area contributed by atoms with Crippen LogP contribution < -0.4 is 5.73 Å². The molecule has 0 bridgehead atoms. The number of hydrogen-bond donors (Lipinski definition) is 2. The molecular formula is C11H12N4S. The predicted molar refractivity (Wildman–Crippen MR) is 65.7 cm³/mol. The lowest BCUT2D eigenvalue weighted by Gasteiger charge is -1.93. The molecule has 2 aromatic rings. The van der Waals surface area contributed by atoms with Gasteiger partial charge >= 0.3 is 0 Å². The molecule has 0 unspecified atom stereocenters. The van der Waals surface area contributed by atoms with Crippen LogP contribution in [0.15, 0.2) is 24.5 Å². The quantitative estimate of drug-likeness (QED) is 0.628. The molecule has 0 aliphatic heterocycles. The van der Waals surface area contributed by atoms with E-state index in [1.165, 1.54) is 11.3 Å². The summed E-state index contributed by atoms with van der Waals surface area (Å²) in [6, 6.07) is 3.82. The number of pyridine rings is 1. The number of aromatic nitrogens is 2. The molecule has 0 atom stereocenters. The van der Waals surface area contributed by atoms with E-state index in [1.807, 2.05) is 19.1 Å². The zero-order valence-corrected chi connectivity index (χ0v) is 9.71. The monoisotopic (exact) mass is 232 g/mol. The molecule has 0 aromatic carbocycles. The molecule has 0 radical (unpaired) electrons. The summed E-state index contributed by atoms with van der Waals surface area (Å²) in [6.45, 7) is 2.01. The smallest absolute Gasteiger partial charge is 0.135 e. The highest BCUT2D eigenvalue weighted by atomic mass is 32.1. The van der Waals surface area contributed by atoms with Gasteiger partial charge in [-0.05, 0) is 18.6 Å². The van der Waals surface area contributed by atoms with Gasteiger partial charge in [-0.1, -0.05) is 6.92 Å². The van der Waals surface area contributed by atoms with E-state index in [0.717, 1.165) is 27.6 Å². The van der Waals surface area contributed by atoms with Crippen molar-refractivity contribution in [2.24, 2.45) is 5.73 Å². The summed E-state index contributed by atoms with van der Waals surface area (Å²) in [4.78, 5) is 9.30. The minimum Gasteiger partial charge on any atom is -0.383 e. The Balaban J connectivity index is 2.48. The number of rotatable bonds is 3. The van der Waals surface area contributed by atoms with Crippen molar-refractivity contribution in [3.8, 4) is 10.6 Å². The molecule has 5 heteroatoms. The number of thiazole rings is 1. The first-order valence-electron chi connectivity index (χ1n) is 4.97. The molecule has 4 nitrogen and oxygen atoms in total. The van der Waals surface area contributed by atoms with Crippen LogP contribution in [-0.2, 0) is 6.42 Å². The van der Waals surface area contributed by atoms with Gasteiger partial charge in [0, 0.05) is 18.0 Å². The molecular weight excluding hydrogens is 220 g/mol. The van der Waals surface area contributed by atoms with Crippen LogP contribution in [0, 0.1) is 5.41 Å². The zero-order valence-electron chi connectivity index (χ0n) is 8.90. The molecule has 2 heterocycles. The third-order valence-electron chi connectivity index (χ3n) is 2.19. The van der Waals surface area contributed by atoms with Gasteiger partial charge in [-0.25, -0.2) is 4.98 Å². The van der Waals surface area contributed by atoms with E-state index < -0.39 is 0 Å². The molecule has 0 aliphatic rings. The van der Waals surface area contributed by atoms with Gasteiger partial charge in [0.05, 0.1) is 10.6 Å². The molecule has 16 heavy (non-hydrogen) atoms. The lowest BCUT2D eigenvalue weighted by atomic mass is 10.2. The third kappa shape index (κ3) is 1.94. The summed E-state index contributed by atoms with van der Waals surface area (Å²) >= 11 is 1.44. The molecule has 0 saturated heterocycles. The van der Waals surface area contributed by atoms with Crippen LogP contribution in [-0.4, -0.2) is 15.8 Å². The predicted octanol–water partition coefficient (Wildman–Crippen LogP) is 2.05. The summed E-state index contributed by atoms with van der Waals surface area (Å²) in [5, 5.41) is 8.36. The minimum atomic E-state index is 0.0875. The van der Waals surface area contributed by atoms with Crippen molar-refractivity contribution >= 4 is 17.2 Å².